The molecule has 2 rings (SSSR count). The molecule has 0 saturated carbocycles. The Morgan fingerprint density at radius 2 is 1.88 bits per heavy atom. The first-order chi connectivity index (χ1) is 11.7. The van der Waals surface area contributed by atoms with Gasteiger partial charge >= 0.3 is 0 Å². The summed E-state index contributed by atoms with van der Waals surface area (Å²) in [5.74, 6) is 0.529. The summed E-state index contributed by atoms with van der Waals surface area (Å²) in [4.78, 5) is 6.83. The highest BCUT2D eigenvalue weighted by Gasteiger charge is 2.28. The van der Waals surface area contributed by atoms with Crippen molar-refractivity contribution < 1.29 is 4.21 Å². The molecule has 1 aliphatic heterocycles. The van der Waals surface area contributed by atoms with E-state index in [2.05, 4.69) is 43.0 Å². The second kappa shape index (κ2) is 8.82. The Kier molecular flexibility index (Phi) is 7.29. The lowest BCUT2D eigenvalue weighted by molar-refractivity contribution is 0.187. The molecule has 5 nitrogen and oxygen atoms in total. The molecular formula is C17H26Cl2N4OS. The van der Waals surface area contributed by atoms with Gasteiger partial charge in [-0.3, -0.25) is 14.1 Å². The molecule has 0 aliphatic carbocycles. The van der Waals surface area contributed by atoms with Crippen molar-refractivity contribution in [1.29, 1.82) is 0 Å². The number of rotatable bonds is 6. The standard InChI is InChI=1S/C17H26Cl2N4OS/c1-11(2)22(12(3)4)8-9-25(24)17-20-13(5)21-23(17)14-6-7-15(18)16(19)10-14/h6-7,10-13,21H,8-9H2,1-5H3. The molecule has 0 radical (unpaired) electrons. The zero-order valence-corrected chi connectivity index (χ0v) is 17.6. The monoisotopic (exact) mass is 404 g/mol. The van der Waals surface area contributed by atoms with Crippen LogP contribution in [0.1, 0.15) is 34.6 Å². The maximum atomic E-state index is 12.9. The molecule has 0 amide bonds. The van der Waals surface area contributed by atoms with Crippen molar-refractivity contribution in [1.82, 2.24) is 10.3 Å². The van der Waals surface area contributed by atoms with E-state index in [1.807, 2.05) is 13.0 Å². The van der Waals surface area contributed by atoms with Gasteiger partial charge in [0, 0.05) is 24.4 Å². The van der Waals surface area contributed by atoms with Crippen LogP contribution in [0.25, 0.3) is 0 Å². The Balaban J connectivity index is 2.13. The molecule has 8 heteroatoms. The molecular weight excluding hydrogens is 379 g/mol. The number of hydrogen-bond donors (Lipinski definition) is 1. The molecule has 0 aromatic heterocycles. The van der Waals surface area contributed by atoms with Crippen molar-refractivity contribution in [2.75, 3.05) is 17.3 Å². The van der Waals surface area contributed by atoms with Crippen molar-refractivity contribution in [3.8, 4) is 0 Å². The first-order valence-electron chi connectivity index (χ1n) is 8.44. The molecule has 1 N–H and O–H groups in total. The molecule has 1 aromatic carbocycles. The third kappa shape index (κ3) is 5.17. The average molecular weight is 405 g/mol. The molecule has 0 fully saturated rings. The SMILES string of the molecule is CC1N=C(S(=O)CCN(C(C)C)C(C)C)N(c2ccc(Cl)c(Cl)c2)N1. The highest BCUT2D eigenvalue weighted by atomic mass is 35.5. The highest BCUT2D eigenvalue weighted by molar-refractivity contribution is 8.00. The maximum Gasteiger partial charge on any atom is 0.211 e. The minimum atomic E-state index is -1.22. The summed E-state index contributed by atoms with van der Waals surface area (Å²) in [6.45, 7) is 11.3. The number of halogens is 2. The second-order valence-corrected chi connectivity index (χ2v) is 8.90. The summed E-state index contributed by atoms with van der Waals surface area (Å²) in [7, 11) is -1.22. The van der Waals surface area contributed by atoms with Crippen LogP contribution in [0.4, 0.5) is 5.69 Å². The Bertz CT molecular complexity index is 658. The number of amidine groups is 1. The van der Waals surface area contributed by atoms with Crippen LogP contribution < -0.4 is 10.4 Å². The third-order valence-electron chi connectivity index (χ3n) is 4.04. The second-order valence-electron chi connectivity index (χ2n) is 6.63. The largest absolute Gasteiger partial charge is 0.298 e. The highest BCUT2D eigenvalue weighted by Crippen LogP contribution is 2.28. The molecule has 1 heterocycles. The van der Waals surface area contributed by atoms with Gasteiger partial charge in [-0.05, 0) is 52.8 Å². The van der Waals surface area contributed by atoms with Gasteiger partial charge < -0.3 is 0 Å². The lowest BCUT2D eigenvalue weighted by Crippen LogP contribution is -2.44. The normalized spacial score (nSPS) is 19.2. The number of hydrogen-bond acceptors (Lipinski definition) is 5. The Morgan fingerprint density at radius 3 is 2.44 bits per heavy atom. The molecule has 2 atom stereocenters. The quantitative estimate of drug-likeness (QED) is 0.780. The molecule has 25 heavy (non-hydrogen) atoms. The van der Waals surface area contributed by atoms with Gasteiger partial charge in [-0.25, -0.2) is 10.4 Å². The van der Waals surface area contributed by atoms with Crippen LogP contribution in [-0.4, -0.2) is 44.8 Å². The molecule has 0 spiro atoms. The minimum Gasteiger partial charge on any atom is -0.298 e. The van der Waals surface area contributed by atoms with Crippen LogP contribution in [0, 0.1) is 0 Å². The lowest BCUT2D eigenvalue weighted by Gasteiger charge is -2.30. The topological polar surface area (TPSA) is 47.9 Å². The number of hydrazine groups is 1. The maximum absolute atomic E-state index is 12.9. The number of nitrogens with zero attached hydrogens (tertiary/aromatic N) is 3. The lowest BCUT2D eigenvalue weighted by atomic mass is 10.2. The summed E-state index contributed by atoms with van der Waals surface area (Å²) < 4.78 is 12.9. The Morgan fingerprint density at radius 1 is 1.24 bits per heavy atom. The molecule has 1 aliphatic rings. The zero-order chi connectivity index (χ0) is 18.7. The van der Waals surface area contributed by atoms with Crippen molar-refractivity contribution >= 4 is 44.9 Å². The van der Waals surface area contributed by atoms with E-state index in [0.717, 1.165) is 12.2 Å². The molecule has 2 unspecified atom stereocenters. The van der Waals surface area contributed by atoms with Gasteiger partial charge in [0.1, 0.15) is 6.17 Å². The van der Waals surface area contributed by atoms with E-state index in [9.17, 15) is 4.21 Å². The number of anilines is 1. The third-order valence-corrected chi connectivity index (χ3v) is 6.03. The van der Waals surface area contributed by atoms with E-state index in [1.165, 1.54) is 0 Å². The number of benzene rings is 1. The van der Waals surface area contributed by atoms with Gasteiger partial charge in [0.25, 0.3) is 0 Å². The first-order valence-corrected chi connectivity index (χ1v) is 10.5. The van der Waals surface area contributed by atoms with Crippen LogP contribution >= 0.6 is 23.2 Å². The van der Waals surface area contributed by atoms with Crippen LogP contribution in [0.5, 0.6) is 0 Å². The van der Waals surface area contributed by atoms with Crippen molar-refractivity contribution in [2.45, 2.75) is 52.9 Å². The Hall–Kier alpha value is -0.660. The van der Waals surface area contributed by atoms with Crippen LogP contribution in [0.15, 0.2) is 23.2 Å². The predicted octanol–water partition coefficient (Wildman–Crippen LogP) is 3.89. The van der Waals surface area contributed by atoms with Gasteiger partial charge in [-0.15, -0.1) is 0 Å². The predicted molar refractivity (Wildman–Crippen MR) is 109 cm³/mol. The molecule has 140 valence electrons. The van der Waals surface area contributed by atoms with Gasteiger partial charge in [0.15, 0.2) is 0 Å². The fourth-order valence-electron chi connectivity index (χ4n) is 2.86. The van der Waals surface area contributed by atoms with Gasteiger partial charge in [-0.1, -0.05) is 23.2 Å². The van der Waals surface area contributed by atoms with Gasteiger partial charge in [0.2, 0.25) is 5.17 Å². The average Bonchev–Trinajstić information content (AvgIpc) is 2.91. The first kappa shape index (κ1) is 20.6. The van der Waals surface area contributed by atoms with E-state index in [0.29, 0.717) is 33.0 Å². The summed E-state index contributed by atoms with van der Waals surface area (Å²) in [5, 5.41) is 3.22. The number of nitrogens with one attached hydrogen (secondary N) is 1. The van der Waals surface area contributed by atoms with Crippen molar-refractivity contribution in [2.24, 2.45) is 4.99 Å². The van der Waals surface area contributed by atoms with Gasteiger partial charge in [-0.2, -0.15) is 0 Å². The van der Waals surface area contributed by atoms with E-state index >= 15 is 0 Å². The van der Waals surface area contributed by atoms with Crippen molar-refractivity contribution in [3.63, 3.8) is 0 Å². The van der Waals surface area contributed by atoms with E-state index in [1.54, 1.807) is 17.1 Å². The minimum absolute atomic E-state index is 0.139. The number of aliphatic imine (C=N–C) groups is 1. The van der Waals surface area contributed by atoms with E-state index in [4.69, 9.17) is 23.2 Å². The fourth-order valence-corrected chi connectivity index (χ4v) is 4.35. The van der Waals surface area contributed by atoms with E-state index < -0.39 is 10.8 Å². The zero-order valence-electron chi connectivity index (χ0n) is 15.3. The molecule has 1 aromatic rings. The van der Waals surface area contributed by atoms with Crippen LogP contribution in [0.3, 0.4) is 0 Å². The van der Waals surface area contributed by atoms with E-state index in [-0.39, 0.29) is 6.17 Å². The molecule has 0 bridgehead atoms. The Labute approximate surface area is 162 Å². The summed E-state index contributed by atoms with van der Waals surface area (Å²) in [6.07, 6.45) is -0.139. The summed E-state index contributed by atoms with van der Waals surface area (Å²) in [6, 6.07) is 6.12. The summed E-state index contributed by atoms with van der Waals surface area (Å²) in [5.41, 5.74) is 3.98. The fraction of sp³-hybridized carbons (Fsp3) is 0.588. The van der Waals surface area contributed by atoms with Crippen LogP contribution in [0.2, 0.25) is 10.0 Å². The van der Waals surface area contributed by atoms with Crippen molar-refractivity contribution in [3.05, 3.63) is 28.2 Å². The molecule has 0 saturated heterocycles. The van der Waals surface area contributed by atoms with Crippen LogP contribution in [-0.2, 0) is 10.8 Å². The van der Waals surface area contributed by atoms with Gasteiger partial charge in [0.05, 0.1) is 26.5 Å². The summed E-state index contributed by atoms with van der Waals surface area (Å²) >= 11 is 12.1. The smallest absolute Gasteiger partial charge is 0.211 e.